The van der Waals surface area contributed by atoms with Crippen LogP contribution in [-0.2, 0) is 0 Å². The maximum Gasteiger partial charge on any atom is 0.137 e. The largest absolute Gasteiger partial charge is 0.369 e. The normalized spacial score (nSPS) is 15.4. The van der Waals surface area contributed by atoms with Crippen molar-refractivity contribution >= 4 is 28.5 Å². The van der Waals surface area contributed by atoms with E-state index in [4.69, 9.17) is 0 Å². The second-order valence-corrected chi connectivity index (χ2v) is 5.39. The molecule has 1 aliphatic heterocycles. The Kier molecular flexibility index (Phi) is 4.53. The fourth-order valence-electron chi connectivity index (χ4n) is 2.12. The van der Waals surface area contributed by atoms with Gasteiger partial charge in [0.05, 0.1) is 11.9 Å². The third-order valence-corrected chi connectivity index (χ3v) is 4.04. The van der Waals surface area contributed by atoms with Crippen molar-refractivity contribution in [1.29, 1.82) is 0 Å². The molecule has 1 fully saturated rings. The summed E-state index contributed by atoms with van der Waals surface area (Å²) < 4.78 is 0. The highest BCUT2D eigenvalue weighted by molar-refractivity contribution is 7.99. The fourth-order valence-corrected chi connectivity index (χ4v) is 3.02. The van der Waals surface area contributed by atoms with Gasteiger partial charge < -0.3 is 9.88 Å². The first-order valence-corrected chi connectivity index (χ1v) is 7.76. The lowest BCUT2D eigenvalue weighted by Gasteiger charge is -2.28. The minimum absolute atomic E-state index is 0.993. The Bertz CT molecular complexity index is 501. The van der Waals surface area contributed by atoms with Crippen LogP contribution in [0.15, 0.2) is 18.5 Å². The van der Waals surface area contributed by atoms with Crippen LogP contribution in [-0.4, -0.2) is 34.6 Å². The number of fused-ring (bicyclic) bond motifs is 1. The third kappa shape index (κ3) is 2.64. The molecule has 2 aromatic rings. The van der Waals surface area contributed by atoms with E-state index in [-0.39, 0.29) is 0 Å². The van der Waals surface area contributed by atoms with Crippen molar-refractivity contribution < 1.29 is 0 Å². The van der Waals surface area contributed by atoms with E-state index in [1.54, 1.807) is 0 Å². The van der Waals surface area contributed by atoms with E-state index in [1.807, 2.05) is 38.0 Å². The van der Waals surface area contributed by atoms with E-state index in [0.717, 1.165) is 18.7 Å². The number of thioether (sulfide) groups is 1. The number of H-pyrrole nitrogens is 1. The molecule has 3 rings (SSSR count). The summed E-state index contributed by atoms with van der Waals surface area (Å²) in [5.41, 5.74) is 3.53. The van der Waals surface area contributed by atoms with E-state index in [1.165, 1.54) is 28.1 Å². The van der Waals surface area contributed by atoms with Gasteiger partial charge in [0.25, 0.3) is 0 Å². The van der Waals surface area contributed by atoms with Gasteiger partial charge in [0, 0.05) is 36.2 Å². The van der Waals surface area contributed by atoms with E-state index < -0.39 is 0 Å². The van der Waals surface area contributed by atoms with Crippen molar-refractivity contribution in [3.05, 3.63) is 24.0 Å². The molecule has 0 aromatic carbocycles. The Morgan fingerprint density at radius 2 is 2.00 bits per heavy atom. The van der Waals surface area contributed by atoms with Gasteiger partial charge in [-0.1, -0.05) is 13.8 Å². The molecule has 4 heteroatoms. The fraction of sp³-hybridized carbons (Fsp3) is 0.500. The van der Waals surface area contributed by atoms with Gasteiger partial charge in [-0.25, -0.2) is 4.98 Å². The Balaban J connectivity index is 0.000000574. The minimum atomic E-state index is 0.993. The van der Waals surface area contributed by atoms with Crippen molar-refractivity contribution in [3.63, 3.8) is 0 Å². The zero-order valence-corrected chi connectivity index (χ0v) is 12.2. The van der Waals surface area contributed by atoms with Gasteiger partial charge in [-0.3, -0.25) is 0 Å². The van der Waals surface area contributed by atoms with Crippen LogP contribution in [0.1, 0.15) is 19.4 Å². The van der Waals surface area contributed by atoms with Gasteiger partial charge in [-0.15, -0.1) is 0 Å². The molecule has 0 aliphatic carbocycles. The number of aromatic amines is 1. The van der Waals surface area contributed by atoms with E-state index in [2.05, 4.69) is 27.9 Å². The molecule has 0 atom stereocenters. The lowest BCUT2D eigenvalue weighted by Crippen LogP contribution is -2.32. The third-order valence-electron chi connectivity index (χ3n) is 3.10. The van der Waals surface area contributed by atoms with Crippen molar-refractivity contribution in [2.24, 2.45) is 0 Å². The van der Waals surface area contributed by atoms with Crippen LogP contribution in [0.3, 0.4) is 0 Å². The van der Waals surface area contributed by atoms with Gasteiger partial charge in [-0.05, 0) is 18.6 Å². The molecular weight excluding hydrogens is 242 g/mol. The molecule has 0 spiro atoms. The number of nitrogens with one attached hydrogen (secondary N) is 1. The summed E-state index contributed by atoms with van der Waals surface area (Å²) in [7, 11) is 0. The molecular formula is C14H21N3S. The number of hydrogen-bond acceptors (Lipinski definition) is 3. The van der Waals surface area contributed by atoms with Gasteiger partial charge in [0.15, 0.2) is 0 Å². The van der Waals surface area contributed by atoms with Crippen LogP contribution in [0.25, 0.3) is 11.0 Å². The van der Waals surface area contributed by atoms with Crippen molar-refractivity contribution in [3.8, 4) is 0 Å². The number of pyridine rings is 1. The Morgan fingerprint density at radius 1 is 1.28 bits per heavy atom. The van der Waals surface area contributed by atoms with E-state index in [9.17, 15) is 0 Å². The van der Waals surface area contributed by atoms with Gasteiger partial charge >= 0.3 is 0 Å². The Labute approximate surface area is 113 Å². The molecule has 1 saturated heterocycles. The Morgan fingerprint density at radius 3 is 2.72 bits per heavy atom. The quantitative estimate of drug-likeness (QED) is 0.855. The number of hydrogen-bond donors (Lipinski definition) is 1. The first-order chi connectivity index (χ1) is 8.84. The topological polar surface area (TPSA) is 31.9 Å². The van der Waals surface area contributed by atoms with Crippen molar-refractivity contribution in [2.45, 2.75) is 20.8 Å². The molecule has 1 N–H and O–H groups in total. The highest BCUT2D eigenvalue weighted by Gasteiger charge is 2.12. The standard InChI is InChI=1S/C12H15N3S.C2H6/c1-9-7-13-12-11(9)6-10(8-14-12)15-2-4-16-5-3-15;1-2/h6-8H,2-5H2,1H3,(H,13,14);1-2H3. The molecule has 0 radical (unpaired) electrons. The molecule has 0 unspecified atom stereocenters. The summed E-state index contributed by atoms with van der Waals surface area (Å²) in [4.78, 5) is 10.1. The van der Waals surface area contributed by atoms with Crippen LogP contribution < -0.4 is 4.90 Å². The monoisotopic (exact) mass is 263 g/mol. The highest BCUT2D eigenvalue weighted by atomic mass is 32.2. The maximum absolute atomic E-state index is 4.47. The first kappa shape index (κ1) is 13.3. The summed E-state index contributed by atoms with van der Waals surface area (Å²) >= 11 is 2.03. The molecule has 0 amide bonds. The highest BCUT2D eigenvalue weighted by Crippen LogP contribution is 2.24. The second kappa shape index (κ2) is 6.14. The van der Waals surface area contributed by atoms with Crippen LogP contribution in [0.4, 0.5) is 5.69 Å². The summed E-state index contributed by atoms with van der Waals surface area (Å²) in [6.45, 7) is 8.40. The molecule has 3 heterocycles. The average Bonchev–Trinajstić information content (AvgIpc) is 2.83. The molecule has 98 valence electrons. The zero-order valence-electron chi connectivity index (χ0n) is 11.4. The van der Waals surface area contributed by atoms with Crippen LogP contribution >= 0.6 is 11.8 Å². The van der Waals surface area contributed by atoms with Gasteiger partial charge in [0.2, 0.25) is 0 Å². The molecule has 18 heavy (non-hydrogen) atoms. The predicted molar refractivity (Wildman–Crippen MR) is 81.7 cm³/mol. The number of aryl methyl sites for hydroxylation is 1. The SMILES string of the molecule is CC.Cc1c[nH]c2ncc(N3CCSCC3)cc12. The smallest absolute Gasteiger partial charge is 0.137 e. The number of rotatable bonds is 1. The number of nitrogens with zero attached hydrogens (tertiary/aromatic N) is 2. The van der Waals surface area contributed by atoms with Crippen LogP contribution in [0, 0.1) is 6.92 Å². The zero-order chi connectivity index (χ0) is 13.0. The molecule has 1 aliphatic rings. The minimum Gasteiger partial charge on any atom is -0.369 e. The van der Waals surface area contributed by atoms with E-state index in [0.29, 0.717) is 0 Å². The maximum atomic E-state index is 4.47. The van der Waals surface area contributed by atoms with Gasteiger partial charge in [-0.2, -0.15) is 11.8 Å². The average molecular weight is 263 g/mol. The lowest BCUT2D eigenvalue weighted by atomic mass is 10.2. The molecule has 2 aromatic heterocycles. The van der Waals surface area contributed by atoms with E-state index >= 15 is 0 Å². The predicted octanol–water partition coefficient (Wildman–Crippen LogP) is 3.45. The van der Waals surface area contributed by atoms with Crippen LogP contribution in [0.2, 0.25) is 0 Å². The number of aromatic nitrogens is 2. The summed E-state index contributed by atoms with van der Waals surface area (Å²) in [5.74, 6) is 2.45. The lowest BCUT2D eigenvalue weighted by molar-refractivity contribution is 0.857. The summed E-state index contributed by atoms with van der Waals surface area (Å²) in [6.07, 6.45) is 4.00. The molecule has 3 nitrogen and oxygen atoms in total. The van der Waals surface area contributed by atoms with Crippen molar-refractivity contribution in [2.75, 3.05) is 29.5 Å². The second-order valence-electron chi connectivity index (χ2n) is 4.16. The van der Waals surface area contributed by atoms with Crippen molar-refractivity contribution in [1.82, 2.24) is 9.97 Å². The van der Waals surface area contributed by atoms with Gasteiger partial charge in [0.1, 0.15) is 5.65 Å². The summed E-state index contributed by atoms with van der Waals surface area (Å²) in [6, 6.07) is 2.25. The molecule has 0 bridgehead atoms. The number of anilines is 1. The Hall–Kier alpha value is -1.16. The molecule has 0 saturated carbocycles. The van der Waals surface area contributed by atoms with Crippen LogP contribution in [0.5, 0.6) is 0 Å². The first-order valence-electron chi connectivity index (χ1n) is 6.61. The summed E-state index contributed by atoms with van der Waals surface area (Å²) in [5, 5.41) is 1.25.